The Balaban J connectivity index is 1.88. The lowest BCUT2D eigenvalue weighted by Crippen LogP contribution is -2.43. The van der Waals surface area contributed by atoms with Crippen molar-refractivity contribution < 1.29 is 14.4 Å². The van der Waals surface area contributed by atoms with Gasteiger partial charge in [-0.3, -0.25) is 14.4 Å². The first-order chi connectivity index (χ1) is 12.4. The molecule has 0 aromatic heterocycles. The third-order valence-electron chi connectivity index (χ3n) is 4.96. The number of amides is 3. The van der Waals surface area contributed by atoms with E-state index in [4.69, 9.17) is 0 Å². The fourth-order valence-electron chi connectivity index (χ4n) is 3.38. The second-order valence-electron chi connectivity index (χ2n) is 6.86. The summed E-state index contributed by atoms with van der Waals surface area (Å²) in [6, 6.07) is 7.11. The second-order valence-corrected chi connectivity index (χ2v) is 6.86. The average Bonchev–Trinajstić information content (AvgIpc) is 2.62. The highest BCUT2D eigenvalue weighted by atomic mass is 16.2. The van der Waals surface area contributed by atoms with Gasteiger partial charge in [0.1, 0.15) is 0 Å². The van der Waals surface area contributed by atoms with Crippen LogP contribution in [0.3, 0.4) is 0 Å². The summed E-state index contributed by atoms with van der Waals surface area (Å²) in [4.78, 5) is 38.0. The lowest BCUT2D eigenvalue weighted by atomic mass is 9.93. The summed E-state index contributed by atoms with van der Waals surface area (Å²) < 4.78 is 0. The number of nitrogens with one attached hydrogen (secondary N) is 2. The molecule has 6 nitrogen and oxygen atoms in total. The molecule has 1 saturated heterocycles. The maximum atomic E-state index is 12.5. The third kappa shape index (κ3) is 5.31. The van der Waals surface area contributed by atoms with Crippen LogP contribution in [-0.4, -0.2) is 35.7 Å². The minimum atomic E-state index is -0.150. The van der Waals surface area contributed by atoms with Gasteiger partial charge in [0.05, 0.1) is 0 Å². The molecule has 0 atom stereocenters. The zero-order valence-electron chi connectivity index (χ0n) is 15.9. The highest BCUT2D eigenvalue weighted by Crippen LogP contribution is 2.23. The number of rotatable bonds is 6. The summed E-state index contributed by atoms with van der Waals surface area (Å²) in [6.07, 6.45) is 3.09. The molecular formula is C20H29N3O3. The Labute approximate surface area is 155 Å². The van der Waals surface area contributed by atoms with Crippen molar-refractivity contribution in [1.29, 1.82) is 0 Å². The van der Waals surface area contributed by atoms with E-state index in [9.17, 15) is 14.4 Å². The van der Waals surface area contributed by atoms with Gasteiger partial charge in [-0.1, -0.05) is 19.9 Å². The zero-order valence-corrected chi connectivity index (χ0v) is 15.9. The maximum absolute atomic E-state index is 12.5. The molecule has 1 aromatic carbocycles. The Morgan fingerprint density at radius 2 is 1.65 bits per heavy atom. The van der Waals surface area contributed by atoms with Crippen LogP contribution in [0.2, 0.25) is 0 Å². The smallest absolute Gasteiger partial charge is 0.227 e. The fourth-order valence-corrected chi connectivity index (χ4v) is 3.38. The number of carbonyl (C=O) groups excluding carboxylic acids is 3. The van der Waals surface area contributed by atoms with Crippen LogP contribution in [0.25, 0.3) is 0 Å². The molecule has 6 heteroatoms. The van der Waals surface area contributed by atoms with Gasteiger partial charge in [-0.2, -0.15) is 0 Å². The highest BCUT2D eigenvalue weighted by Gasteiger charge is 2.29. The lowest BCUT2D eigenvalue weighted by Gasteiger charge is -2.33. The number of hydrogen-bond acceptors (Lipinski definition) is 3. The van der Waals surface area contributed by atoms with E-state index in [1.807, 2.05) is 18.7 Å². The van der Waals surface area contributed by atoms with Gasteiger partial charge < -0.3 is 15.5 Å². The predicted octanol–water partition coefficient (Wildman–Crippen LogP) is 3.26. The van der Waals surface area contributed by atoms with Crippen molar-refractivity contribution in [3.05, 3.63) is 24.3 Å². The first-order valence-corrected chi connectivity index (χ1v) is 9.41. The standard InChI is InChI=1S/C20H29N3O3/c1-4-15(5-2)20(26)23-11-9-16(10-12-23)19(25)22-18-8-6-7-17(13-18)21-14(3)24/h6-8,13,15-16H,4-5,9-12H2,1-3H3,(H,21,24)(H,22,25). The van der Waals surface area contributed by atoms with Crippen molar-refractivity contribution in [2.45, 2.75) is 46.5 Å². The second kappa shape index (κ2) is 9.36. The summed E-state index contributed by atoms with van der Waals surface area (Å²) in [5.41, 5.74) is 1.32. The van der Waals surface area contributed by atoms with Crippen LogP contribution in [0, 0.1) is 11.8 Å². The van der Waals surface area contributed by atoms with Crippen LogP contribution in [0.4, 0.5) is 11.4 Å². The molecule has 0 saturated carbocycles. The number of carbonyl (C=O) groups is 3. The van der Waals surface area contributed by atoms with Crippen LogP contribution >= 0.6 is 0 Å². The van der Waals surface area contributed by atoms with Gasteiger partial charge in [-0.05, 0) is 43.9 Å². The summed E-state index contributed by atoms with van der Waals surface area (Å²) in [5.74, 6) is 0.0431. The first-order valence-electron chi connectivity index (χ1n) is 9.41. The monoisotopic (exact) mass is 359 g/mol. The van der Waals surface area contributed by atoms with E-state index in [2.05, 4.69) is 10.6 Å². The highest BCUT2D eigenvalue weighted by molar-refractivity contribution is 5.94. The predicted molar refractivity (Wildman–Crippen MR) is 103 cm³/mol. The van der Waals surface area contributed by atoms with Gasteiger partial charge >= 0.3 is 0 Å². The SMILES string of the molecule is CCC(CC)C(=O)N1CCC(C(=O)Nc2cccc(NC(C)=O)c2)CC1. The topological polar surface area (TPSA) is 78.5 Å². The minimum Gasteiger partial charge on any atom is -0.342 e. The lowest BCUT2D eigenvalue weighted by molar-refractivity contribution is -0.138. The van der Waals surface area contributed by atoms with Crippen LogP contribution in [-0.2, 0) is 14.4 Å². The van der Waals surface area contributed by atoms with Gasteiger partial charge in [-0.25, -0.2) is 0 Å². The summed E-state index contributed by atoms with van der Waals surface area (Å²) in [5, 5.41) is 5.62. The fraction of sp³-hybridized carbons (Fsp3) is 0.550. The van der Waals surface area contributed by atoms with Crippen LogP contribution in [0.5, 0.6) is 0 Å². The van der Waals surface area contributed by atoms with E-state index in [1.54, 1.807) is 24.3 Å². The molecule has 1 fully saturated rings. The Bertz CT molecular complexity index is 647. The van der Waals surface area contributed by atoms with E-state index in [0.29, 0.717) is 37.3 Å². The molecular weight excluding hydrogens is 330 g/mol. The zero-order chi connectivity index (χ0) is 19.1. The van der Waals surface area contributed by atoms with Crippen LogP contribution in [0.1, 0.15) is 46.5 Å². The molecule has 1 aliphatic heterocycles. The Kier molecular flexibility index (Phi) is 7.18. The van der Waals surface area contributed by atoms with Crippen molar-refractivity contribution in [3.8, 4) is 0 Å². The summed E-state index contributed by atoms with van der Waals surface area (Å²) >= 11 is 0. The van der Waals surface area contributed by atoms with Crippen LogP contribution in [0.15, 0.2) is 24.3 Å². The summed E-state index contributed by atoms with van der Waals surface area (Å²) in [7, 11) is 0. The quantitative estimate of drug-likeness (QED) is 0.818. The normalized spacial score (nSPS) is 15.0. The van der Waals surface area contributed by atoms with Crippen molar-refractivity contribution >= 4 is 29.1 Å². The van der Waals surface area contributed by atoms with E-state index in [0.717, 1.165) is 12.8 Å². The molecule has 1 aliphatic rings. The van der Waals surface area contributed by atoms with Crippen molar-refractivity contribution in [1.82, 2.24) is 4.90 Å². The minimum absolute atomic E-state index is 0.0281. The molecule has 0 spiro atoms. The molecule has 0 unspecified atom stereocenters. The first kappa shape index (κ1) is 19.9. The number of anilines is 2. The molecule has 2 N–H and O–H groups in total. The average molecular weight is 359 g/mol. The van der Waals surface area contributed by atoms with Gasteiger partial charge in [0.25, 0.3) is 0 Å². The van der Waals surface area contributed by atoms with E-state index in [1.165, 1.54) is 6.92 Å². The molecule has 0 aliphatic carbocycles. The van der Waals surface area contributed by atoms with Crippen molar-refractivity contribution in [2.24, 2.45) is 11.8 Å². The Hall–Kier alpha value is -2.37. The van der Waals surface area contributed by atoms with E-state index >= 15 is 0 Å². The van der Waals surface area contributed by atoms with E-state index < -0.39 is 0 Å². The van der Waals surface area contributed by atoms with Crippen molar-refractivity contribution in [2.75, 3.05) is 23.7 Å². The van der Waals surface area contributed by atoms with Gasteiger partial charge in [-0.15, -0.1) is 0 Å². The number of likely N-dealkylation sites (tertiary alicyclic amines) is 1. The van der Waals surface area contributed by atoms with Gasteiger partial charge in [0.2, 0.25) is 17.7 Å². The number of nitrogens with zero attached hydrogens (tertiary/aromatic N) is 1. The van der Waals surface area contributed by atoms with E-state index in [-0.39, 0.29) is 29.6 Å². The Morgan fingerprint density at radius 3 is 2.19 bits per heavy atom. The summed E-state index contributed by atoms with van der Waals surface area (Å²) in [6.45, 7) is 6.81. The molecule has 0 radical (unpaired) electrons. The third-order valence-corrected chi connectivity index (χ3v) is 4.96. The largest absolute Gasteiger partial charge is 0.342 e. The van der Waals surface area contributed by atoms with Crippen molar-refractivity contribution in [3.63, 3.8) is 0 Å². The van der Waals surface area contributed by atoms with Gasteiger partial charge in [0.15, 0.2) is 0 Å². The maximum Gasteiger partial charge on any atom is 0.227 e. The van der Waals surface area contributed by atoms with Crippen LogP contribution < -0.4 is 10.6 Å². The molecule has 26 heavy (non-hydrogen) atoms. The molecule has 0 bridgehead atoms. The molecule has 142 valence electrons. The number of hydrogen-bond donors (Lipinski definition) is 2. The number of piperidine rings is 1. The number of benzene rings is 1. The molecule has 1 heterocycles. The Morgan fingerprint density at radius 1 is 1.08 bits per heavy atom. The molecule has 1 aromatic rings. The van der Waals surface area contributed by atoms with Gasteiger partial charge in [0, 0.05) is 43.2 Å². The molecule has 3 amide bonds. The molecule has 2 rings (SSSR count).